The molecular formula is C10H20O6Si. The number of esters is 1. The van der Waals surface area contributed by atoms with Crippen LogP contribution >= 0.6 is 0 Å². The van der Waals surface area contributed by atoms with Crippen molar-refractivity contribution in [3.63, 3.8) is 0 Å². The molecule has 0 rings (SSSR count). The number of hydrogen-bond acceptors (Lipinski definition) is 6. The second-order valence-corrected chi connectivity index (χ2v) is 5.55. The third-order valence-corrected chi connectivity index (χ3v) is 4.02. The van der Waals surface area contributed by atoms with E-state index in [9.17, 15) is 4.79 Å². The van der Waals surface area contributed by atoms with Gasteiger partial charge in [0.2, 0.25) is 0 Å². The lowest BCUT2D eigenvalue weighted by molar-refractivity contribution is -0.168. The van der Waals surface area contributed by atoms with Crippen LogP contribution in [0.2, 0.25) is 0 Å². The predicted octanol–water partition coefficient (Wildman–Crippen LogP) is 1.23. The summed E-state index contributed by atoms with van der Waals surface area (Å²) in [5.74, 6) is -0.538. The standard InChI is InChI=1S/C10H20O6Si/c1-7-14-17(12-5,13-6)16-9(4)15-10(11)8(2)3/h9H,2,7H2,1,3-6H3. The molecule has 7 heteroatoms. The van der Waals surface area contributed by atoms with Crippen LogP contribution in [-0.4, -0.2) is 42.1 Å². The fourth-order valence-electron chi connectivity index (χ4n) is 0.987. The Morgan fingerprint density at radius 2 is 1.88 bits per heavy atom. The Morgan fingerprint density at radius 3 is 2.24 bits per heavy atom. The van der Waals surface area contributed by atoms with Crippen molar-refractivity contribution in [3.05, 3.63) is 12.2 Å². The third-order valence-electron chi connectivity index (χ3n) is 1.75. The van der Waals surface area contributed by atoms with Crippen LogP contribution in [0.1, 0.15) is 20.8 Å². The predicted molar refractivity (Wildman–Crippen MR) is 62.9 cm³/mol. The molecule has 0 bridgehead atoms. The second-order valence-electron chi connectivity index (χ2n) is 3.21. The number of carbonyl (C=O) groups is 1. The van der Waals surface area contributed by atoms with Gasteiger partial charge in [-0.2, -0.15) is 0 Å². The number of rotatable bonds is 8. The van der Waals surface area contributed by atoms with E-state index in [1.165, 1.54) is 14.2 Å². The van der Waals surface area contributed by atoms with Gasteiger partial charge in [-0.25, -0.2) is 4.79 Å². The first-order valence-corrected chi connectivity index (χ1v) is 6.82. The smallest absolute Gasteiger partial charge is 0.434 e. The van der Waals surface area contributed by atoms with Gasteiger partial charge in [-0.1, -0.05) is 6.58 Å². The molecule has 0 N–H and O–H groups in total. The summed E-state index contributed by atoms with van der Waals surface area (Å²) in [6.07, 6.45) is -0.836. The fourth-order valence-corrected chi connectivity index (χ4v) is 2.46. The van der Waals surface area contributed by atoms with Crippen LogP contribution < -0.4 is 0 Å². The molecule has 0 amide bonds. The summed E-state index contributed by atoms with van der Waals surface area (Å²) >= 11 is 0. The second kappa shape index (κ2) is 7.57. The number of carbonyl (C=O) groups excluding carboxylic acids is 1. The highest BCUT2D eigenvalue weighted by Gasteiger charge is 2.45. The minimum absolute atomic E-state index is 0.291. The van der Waals surface area contributed by atoms with Crippen LogP contribution in [0.3, 0.4) is 0 Å². The third kappa shape index (κ3) is 5.42. The first kappa shape index (κ1) is 16.3. The first-order valence-electron chi connectivity index (χ1n) is 5.19. The molecule has 0 saturated carbocycles. The van der Waals surface area contributed by atoms with Gasteiger partial charge in [-0.3, -0.25) is 0 Å². The lowest BCUT2D eigenvalue weighted by atomic mass is 10.4. The summed E-state index contributed by atoms with van der Waals surface area (Å²) < 4.78 is 25.8. The largest absolute Gasteiger partial charge is 0.681 e. The van der Waals surface area contributed by atoms with E-state index in [-0.39, 0.29) is 0 Å². The van der Waals surface area contributed by atoms with Crippen LogP contribution in [0.25, 0.3) is 0 Å². The van der Waals surface area contributed by atoms with E-state index in [4.69, 9.17) is 22.4 Å². The average Bonchev–Trinajstić information content (AvgIpc) is 2.28. The Hall–Kier alpha value is -0.733. The van der Waals surface area contributed by atoms with Crippen LogP contribution in [0.15, 0.2) is 12.2 Å². The molecule has 1 unspecified atom stereocenters. The Labute approximate surface area is 103 Å². The molecule has 1 atom stereocenters. The minimum atomic E-state index is -3.22. The molecule has 0 aromatic rings. The zero-order valence-electron chi connectivity index (χ0n) is 10.9. The van der Waals surface area contributed by atoms with Crippen molar-refractivity contribution in [2.75, 3.05) is 20.8 Å². The molecule has 0 aliphatic heterocycles. The zero-order valence-corrected chi connectivity index (χ0v) is 11.9. The van der Waals surface area contributed by atoms with Gasteiger partial charge in [0, 0.05) is 26.4 Å². The van der Waals surface area contributed by atoms with E-state index >= 15 is 0 Å². The summed E-state index contributed by atoms with van der Waals surface area (Å²) in [5.41, 5.74) is 0.291. The molecule has 0 aliphatic carbocycles. The van der Waals surface area contributed by atoms with Crippen LogP contribution in [0, 0.1) is 0 Å². The molecule has 0 aromatic carbocycles. The maximum atomic E-state index is 11.3. The van der Waals surface area contributed by atoms with Gasteiger partial charge in [-0.05, 0) is 20.8 Å². The molecular weight excluding hydrogens is 244 g/mol. The van der Waals surface area contributed by atoms with Crippen molar-refractivity contribution in [1.29, 1.82) is 0 Å². The Balaban J connectivity index is 4.44. The zero-order chi connectivity index (χ0) is 13.5. The molecule has 0 aromatic heterocycles. The monoisotopic (exact) mass is 264 g/mol. The van der Waals surface area contributed by atoms with Crippen molar-refractivity contribution in [2.24, 2.45) is 0 Å². The Kier molecular flexibility index (Phi) is 7.24. The van der Waals surface area contributed by atoms with Crippen molar-refractivity contribution in [2.45, 2.75) is 27.1 Å². The summed E-state index contributed by atoms with van der Waals surface area (Å²) in [7, 11) is -0.384. The SMILES string of the molecule is C=C(C)C(=O)OC(C)O[Si](OC)(OC)OCC. The molecule has 0 saturated heterocycles. The van der Waals surface area contributed by atoms with Crippen LogP contribution in [-0.2, 0) is 27.2 Å². The van der Waals surface area contributed by atoms with Crippen molar-refractivity contribution >= 4 is 15.0 Å². The van der Waals surface area contributed by atoms with Gasteiger partial charge in [0.15, 0.2) is 6.29 Å². The Morgan fingerprint density at radius 1 is 1.35 bits per heavy atom. The van der Waals surface area contributed by atoms with Gasteiger partial charge in [0.05, 0.1) is 0 Å². The lowest BCUT2D eigenvalue weighted by Crippen LogP contribution is -2.50. The molecule has 0 spiro atoms. The van der Waals surface area contributed by atoms with E-state index < -0.39 is 21.3 Å². The lowest BCUT2D eigenvalue weighted by Gasteiger charge is -2.27. The van der Waals surface area contributed by atoms with E-state index in [2.05, 4.69) is 6.58 Å². The van der Waals surface area contributed by atoms with Crippen molar-refractivity contribution < 1.29 is 27.2 Å². The maximum absolute atomic E-state index is 11.3. The highest BCUT2D eigenvalue weighted by molar-refractivity contribution is 6.53. The summed E-state index contributed by atoms with van der Waals surface area (Å²) in [4.78, 5) is 11.3. The van der Waals surface area contributed by atoms with Gasteiger partial charge < -0.3 is 22.4 Å². The van der Waals surface area contributed by atoms with Gasteiger partial charge in [-0.15, -0.1) is 0 Å². The normalized spacial score (nSPS) is 13.2. The molecule has 0 heterocycles. The molecule has 0 aliphatic rings. The van der Waals surface area contributed by atoms with Crippen molar-refractivity contribution in [3.8, 4) is 0 Å². The van der Waals surface area contributed by atoms with E-state index in [0.717, 1.165) is 0 Å². The molecule has 6 nitrogen and oxygen atoms in total. The number of ether oxygens (including phenoxy) is 1. The van der Waals surface area contributed by atoms with Gasteiger partial charge in [0.25, 0.3) is 0 Å². The van der Waals surface area contributed by atoms with Crippen LogP contribution in [0.5, 0.6) is 0 Å². The summed E-state index contributed by atoms with van der Waals surface area (Å²) in [5, 5.41) is 0. The fraction of sp³-hybridized carbons (Fsp3) is 0.700. The summed E-state index contributed by atoms with van der Waals surface area (Å²) in [6, 6.07) is 0. The average molecular weight is 264 g/mol. The van der Waals surface area contributed by atoms with E-state index in [1.54, 1.807) is 20.8 Å². The highest BCUT2D eigenvalue weighted by atomic mass is 28.4. The summed E-state index contributed by atoms with van der Waals surface area (Å²) in [6.45, 7) is 8.73. The highest BCUT2D eigenvalue weighted by Crippen LogP contribution is 2.13. The molecule has 100 valence electrons. The number of hydrogen-bond donors (Lipinski definition) is 0. The molecule has 17 heavy (non-hydrogen) atoms. The molecule has 0 radical (unpaired) electrons. The van der Waals surface area contributed by atoms with Gasteiger partial charge in [0.1, 0.15) is 0 Å². The maximum Gasteiger partial charge on any atom is 0.681 e. The Bertz CT molecular complexity index is 264. The van der Waals surface area contributed by atoms with E-state index in [0.29, 0.717) is 12.2 Å². The van der Waals surface area contributed by atoms with E-state index in [1.807, 2.05) is 0 Å². The van der Waals surface area contributed by atoms with Crippen molar-refractivity contribution in [1.82, 2.24) is 0 Å². The topological polar surface area (TPSA) is 63.2 Å². The van der Waals surface area contributed by atoms with Gasteiger partial charge >= 0.3 is 15.0 Å². The quantitative estimate of drug-likeness (QED) is 0.284. The first-order chi connectivity index (χ1) is 7.90. The molecule has 0 fully saturated rings. The van der Waals surface area contributed by atoms with Crippen LogP contribution in [0.4, 0.5) is 0 Å². The minimum Gasteiger partial charge on any atom is -0.434 e.